The maximum atomic E-state index is 3.42. The molecule has 0 saturated carbocycles. The smallest absolute Gasteiger partial charge is 0.0236 e. The van der Waals surface area contributed by atoms with Gasteiger partial charge in [-0.1, -0.05) is 45.0 Å². The molecule has 1 fully saturated rings. The summed E-state index contributed by atoms with van der Waals surface area (Å²) in [6, 6.07) is 8.92. The Bertz CT molecular complexity index is 398. The molecule has 1 aromatic rings. The van der Waals surface area contributed by atoms with Gasteiger partial charge in [-0.2, -0.15) is 0 Å². The number of likely N-dealkylation sites (tertiary alicyclic amines) is 1. The molecule has 1 N–H and O–H groups in total. The number of hydrogen-bond acceptors (Lipinski definition) is 2. The van der Waals surface area contributed by atoms with Crippen molar-refractivity contribution in [1.29, 1.82) is 0 Å². The molecule has 1 saturated heterocycles. The van der Waals surface area contributed by atoms with E-state index in [4.69, 9.17) is 0 Å². The second-order valence-electron chi connectivity index (χ2n) is 6.50. The van der Waals surface area contributed by atoms with Crippen LogP contribution in [-0.4, -0.2) is 31.1 Å². The Morgan fingerprint density at radius 1 is 1.21 bits per heavy atom. The lowest BCUT2D eigenvalue weighted by Crippen LogP contribution is -2.24. The van der Waals surface area contributed by atoms with E-state index in [-0.39, 0.29) is 0 Å². The van der Waals surface area contributed by atoms with E-state index in [1.54, 1.807) is 0 Å². The molecule has 0 radical (unpaired) electrons. The van der Waals surface area contributed by atoms with Gasteiger partial charge in [-0.25, -0.2) is 0 Å². The van der Waals surface area contributed by atoms with Gasteiger partial charge >= 0.3 is 0 Å². The Balaban J connectivity index is 1.96. The fraction of sp³-hybridized carbons (Fsp3) is 0.647. The van der Waals surface area contributed by atoms with Crippen LogP contribution in [0.4, 0.5) is 0 Å². The maximum Gasteiger partial charge on any atom is 0.0236 e. The van der Waals surface area contributed by atoms with Crippen molar-refractivity contribution in [2.45, 2.75) is 40.2 Å². The molecule has 0 spiro atoms. The summed E-state index contributed by atoms with van der Waals surface area (Å²) in [6.45, 7) is 12.7. The van der Waals surface area contributed by atoms with Gasteiger partial charge in [0.15, 0.2) is 0 Å². The molecular formula is C17H28N2. The summed E-state index contributed by atoms with van der Waals surface area (Å²) in [6.07, 6.45) is 2.47. The lowest BCUT2D eigenvalue weighted by Gasteiger charge is -2.21. The van der Waals surface area contributed by atoms with Crippen molar-refractivity contribution >= 4 is 0 Å². The number of benzene rings is 1. The van der Waals surface area contributed by atoms with Crippen molar-refractivity contribution in [3.8, 4) is 0 Å². The molecule has 0 aliphatic carbocycles. The van der Waals surface area contributed by atoms with Gasteiger partial charge in [-0.3, -0.25) is 4.90 Å². The summed E-state index contributed by atoms with van der Waals surface area (Å²) in [5.41, 5.74) is 3.52. The predicted octanol–water partition coefficient (Wildman–Crippen LogP) is 3.07. The highest BCUT2D eigenvalue weighted by Crippen LogP contribution is 2.30. The van der Waals surface area contributed by atoms with Gasteiger partial charge in [-0.15, -0.1) is 0 Å². The molecule has 1 aromatic carbocycles. The molecule has 0 aromatic heterocycles. The van der Waals surface area contributed by atoms with Crippen molar-refractivity contribution in [3.05, 3.63) is 35.4 Å². The molecule has 1 aliphatic heterocycles. The van der Waals surface area contributed by atoms with Gasteiger partial charge in [0.1, 0.15) is 0 Å². The van der Waals surface area contributed by atoms with E-state index in [9.17, 15) is 0 Å². The molecule has 0 atom stereocenters. The summed E-state index contributed by atoms with van der Waals surface area (Å²) in [4.78, 5) is 2.60. The molecule has 19 heavy (non-hydrogen) atoms. The Morgan fingerprint density at radius 3 is 2.58 bits per heavy atom. The lowest BCUT2D eigenvalue weighted by molar-refractivity contribution is 0.283. The van der Waals surface area contributed by atoms with E-state index < -0.39 is 0 Å². The first kappa shape index (κ1) is 14.5. The Kier molecular flexibility index (Phi) is 5.00. The van der Waals surface area contributed by atoms with Crippen molar-refractivity contribution in [2.24, 2.45) is 5.41 Å². The largest absolute Gasteiger partial charge is 0.317 e. The standard InChI is InChI=1S/C17H28N2/c1-4-18-11-9-15-7-5-6-8-16(15)13-19-12-10-17(2,3)14-19/h5-8,18H,4,9-14H2,1-3H3. The quantitative estimate of drug-likeness (QED) is 0.791. The maximum absolute atomic E-state index is 3.42. The molecule has 0 unspecified atom stereocenters. The molecule has 1 aliphatic rings. The van der Waals surface area contributed by atoms with Crippen LogP contribution in [0.5, 0.6) is 0 Å². The topological polar surface area (TPSA) is 15.3 Å². The summed E-state index contributed by atoms with van der Waals surface area (Å²) >= 11 is 0. The van der Waals surface area contributed by atoms with E-state index in [0.29, 0.717) is 5.41 Å². The van der Waals surface area contributed by atoms with E-state index in [0.717, 1.165) is 26.1 Å². The van der Waals surface area contributed by atoms with Gasteiger partial charge < -0.3 is 5.32 Å². The zero-order chi connectivity index (χ0) is 13.7. The second-order valence-corrected chi connectivity index (χ2v) is 6.50. The van der Waals surface area contributed by atoms with Gasteiger partial charge in [0.2, 0.25) is 0 Å². The first-order chi connectivity index (χ1) is 9.11. The van der Waals surface area contributed by atoms with Crippen LogP contribution >= 0.6 is 0 Å². The highest BCUT2D eigenvalue weighted by molar-refractivity contribution is 5.27. The molecule has 0 amide bonds. The Hall–Kier alpha value is -0.860. The first-order valence-electron chi connectivity index (χ1n) is 7.60. The highest BCUT2D eigenvalue weighted by atomic mass is 15.1. The van der Waals surface area contributed by atoms with Crippen LogP contribution in [0.3, 0.4) is 0 Å². The minimum absolute atomic E-state index is 0.499. The third-order valence-corrected chi connectivity index (χ3v) is 4.09. The molecule has 2 rings (SSSR count). The lowest BCUT2D eigenvalue weighted by atomic mass is 9.93. The number of likely N-dealkylation sites (N-methyl/N-ethyl adjacent to an activating group) is 1. The van der Waals surface area contributed by atoms with Gasteiger partial charge in [0.25, 0.3) is 0 Å². The second kappa shape index (κ2) is 6.53. The monoisotopic (exact) mass is 260 g/mol. The van der Waals surface area contributed by atoms with Gasteiger partial charge in [0.05, 0.1) is 0 Å². The van der Waals surface area contributed by atoms with E-state index >= 15 is 0 Å². The van der Waals surface area contributed by atoms with Crippen LogP contribution in [0, 0.1) is 5.41 Å². The average Bonchev–Trinajstić information content (AvgIpc) is 2.71. The molecule has 2 nitrogen and oxygen atoms in total. The van der Waals surface area contributed by atoms with Crippen molar-refractivity contribution < 1.29 is 0 Å². The molecule has 2 heteroatoms. The molecule has 0 bridgehead atoms. The van der Waals surface area contributed by atoms with Crippen LogP contribution in [0.1, 0.15) is 38.3 Å². The fourth-order valence-electron chi connectivity index (χ4n) is 2.96. The third-order valence-electron chi connectivity index (χ3n) is 4.09. The highest BCUT2D eigenvalue weighted by Gasteiger charge is 2.29. The van der Waals surface area contributed by atoms with Crippen LogP contribution < -0.4 is 5.32 Å². The SMILES string of the molecule is CCNCCc1ccccc1CN1CCC(C)(C)C1. The van der Waals surface area contributed by atoms with Gasteiger partial charge in [0, 0.05) is 13.1 Å². The zero-order valence-corrected chi connectivity index (χ0v) is 12.7. The van der Waals surface area contributed by atoms with Crippen LogP contribution in [0.2, 0.25) is 0 Å². The summed E-state index contributed by atoms with van der Waals surface area (Å²) < 4.78 is 0. The van der Waals surface area contributed by atoms with Crippen LogP contribution in [-0.2, 0) is 13.0 Å². The van der Waals surface area contributed by atoms with E-state index in [1.807, 2.05) is 0 Å². The van der Waals surface area contributed by atoms with Crippen LogP contribution in [0.25, 0.3) is 0 Å². The summed E-state index contributed by atoms with van der Waals surface area (Å²) in [7, 11) is 0. The molecule has 1 heterocycles. The normalized spacial score (nSPS) is 18.9. The number of hydrogen-bond donors (Lipinski definition) is 1. The average molecular weight is 260 g/mol. The number of rotatable bonds is 6. The summed E-state index contributed by atoms with van der Waals surface area (Å²) in [5.74, 6) is 0. The Morgan fingerprint density at radius 2 is 1.95 bits per heavy atom. The zero-order valence-electron chi connectivity index (χ0n) is 12.7. The number of nitrogens with one attached hydrogen (secondary N) is 1. The van der Waals surface area contributed by atoms with Crippen molar-refractivity contribution in [1.82, 2.24) is 10.2 Å². The minimum Gasteiger partial charge on any atom is -0.317 e. The van der Waals surface area contributed by atoms with Gasteiger partial charge in [-0.05, 0) is 49.0 Å². The third kappa shape index (κ3) is 4.32. The van der Waals surface area contributed by atoms with E-state index in [1.165, 1.54) is 30.6 Å². The van der Waals surface area contributed by atoms with Crippen molar-refractivity contribution in [3.63, 3.8) is 0 Å². The minimum atomic E-state index is 0.499. The van der Waals surface area contributed by atoms with Crippen LogP contribution in [0.15, 0.2) is 24.3 Å². The molecular weight excluding hydrogens is 232 g/mol. The van der Waals surface area contributed by atoms with E-state index in [2.05, 4.69) is 55.3 Å². The predicted molar refractivity (Wildman–Crippen MR) is 82.4 cm³/mol. The number of nitrogens with zero attached hydrogens (tertiary/aromatic N) is 1. The fourth-order valence-corrected chi connectivity index (χ4v) is 2.96. The first-order valence-corrected chi connectivity index (χ1v) is 7.60. The Labute approximate surface area is 118 Å². The molecule has 106 valence electrons. The van der Waals surface area contributed by atoms with Crippen molar-refractivity contribution in [2.75, 3.05) is 26.2 Å². The summed E-state index contributed by atoms with van der Waals surface area (Å²) in [5, 5.41) is 3.42.